The zero-order valence-corrected chi connectivity index (χ0v) is 10.6. The standard InChI is InChI=1S/C11H17NO3S/c1-4-15-10(14)7-5-8(16-9(7)12)11(2,3)6-13/h5,13H,4,6,12H2,1-3H3. The van der Waals surface area contributed by atoms with Gasteiger partial charge in [-0.15, -0.1) is 11.3 Å². The number of nitrogen functional groups attached to an aromatic ring is 1. The highest BCUT2D eigenvalue weighted by atomic mass is 32.1. The van der Waals surface area contributed by atoms with Crippen LogP contribution < -0.4 is 5.73 Å². The summed E-state index contributed by atoms with van der Waals surface area (Å²) in [5.41, 5.74) is 5.77. The summed E-state index contributed by atoms with van der Waals surface area (Å²) >= 11 is 1.32. The summed E-state index contributed by atoms with van der Waals surface area (Å²) in [6, 6.07) is 1.70. The quantitative estimate of drug-likeness (QED) is 0.791. The minimum atomic E-state index is -0.406. The Hall–Kier alpha value is -1.07. The zero-order valence-electron chi connectivity index (χ0n) is 9.74. The third kappa shape index (κ3) is 2.54. The second-order valence-corrected chi connectivity index (χ2v) is 5.23. The first-order valence-electron chi connectivity index (χ1n) is 5.10. The number of hydrogen-bond acceptors (Lipinski definition) is 5. The molecule has 0 aliphatic rings. The predicted octanol–water partition coefficient (Wildman–Crippen LogP) is 1.78. The molecule has 0 fully saturated rings. The number of nitrogens with two attached hydrogens (primary N) is 1. The van der Waals surface area contributed by atoms with Gasteiger partial charge < -0.3 is 15.6 Å². The largest absolute Gasteiger partial charge is 0.462 e. The van der Waals surface area contributed by atoms with Crippen LogP contribution in [0.2, 0.25) is 0 Å². The van der Waals surface area contributed by atoms with E-state index in [1.165, 1.54) is 11.3 Å². The molecule has 0 bridgehead atoms. The van der Waals surface area contributed by atoms with Crippen molar-refractivity contribution < 1.29 is 14.6 Å². The highest BCUT2D eigenvalue weighted by Crippen LogP contribution is 2.34. The molecular weight excluding hydrogens is 226 g/mol. The highest BCUT2D eigenvalue weighted by Gasteiger charge is 2.25. The Bertz CT molecular complexity index is 385. The van der Waals surface area contributed by atoms with Gasteiger partial charge in [0.05, 0.1) is 18.8 Å². The SMILES string of the molecule is CCOC(=O)c1cc(C(C)(C)CO)sc1N. The Kier molecular flexibility index (Phi) is 3.93. The van der Waals surface area contributed by atoms with Crippen LogP contribution in [0.5, 0.6) is 0 Å². The number of esters is 1. The molecule has 0 atom stereocenters. The summed E-state index contributed by atoms with van der Waals surface area (Å²) in [5, 5.41) is 9.68. The molecule has 1 heterocycles. The van der Waals surface area contributed by atoms with E-state index in [0.717, 1.165) is 4.88 Å². The maximum atomic E-state index is 11.5. The lowest BCUT2D eigenvalue weighted by Gasteiger charge is -2.19. The number of anilines is 1. The van der Waals surface area contributed by atoms with Gasteiger partial charge in [-0.3, -0.25) is 0 Å². The molecule has 0 radical (unpaired) electrons. The second-order valence-electron chi connectivity index (χ2n) is 4.15. The van der Waals surface area contributed by atoms with E-state index in [1.807, 2.05) is 13.8 Å². The number of aliphatic hydroxyl groups excluding tert-OH is 1. The summed E-state index contributed by atoms with van der Waals surface area (Å²) in [4.78, 5) is 12.4. The number of carbonyl (C=O) groups excluding carboxylic acids is 1. The summed E-state index contributed by atoms with van der Waals surface area (Å²) in [7, 11) is 0. The predicted molar refractivity (Wildman–Crippen MR) is 64.8 cm³/mol. The van der Waals surface area contributed by atoms with Crippen LogP contribution in [-0.2, 0) is 10.2 Å². The lowest BCUT2D eigenvalue weighted by Crippen LogP contribution is -2.20. The molecule has 3 N–H and O–H groups in total. The average Bonchev–Trinajstić information content (AvgIpc) is 2.61. The van der Waals surface area contributed by atoms with Gasteiger partial charge in [-0.1, -0.05) is 13.8 Å². The topological polar surface area (TPSA) is 72.5 Å². The van der Waals surface area contributed by atoms with Crippen molar-refractivity contribution in [2.24, 2.45) is 0 Å². The van der Waals surface area contributed by atoms with Gasteiger partial charge in [0, 0.05) is 10.3 Å². The molecule has 1 aromatic rings. The second kappa shape index (κ2) is 4.84. The number of aliphatic hydroxyl groups is 1. The fourth-order valence-corrected chi connectivity index (χ4v) is 2.19. The fourth-order valence-electron chi connectivity index (χ4n) is 1.18. The molecule has 0 saturated carbocycles. The van der Waals surface area contributed by atoms with Crippen LogP contribution in [0.3, 0.4) is 0 Å². The number of rotatable bonds is 4. The van der Waals surface area contributed by atoms with Crippen LogP contribution in [0.15, 0.2) is 6.07 Å². The van der Waals surface area contributed by atoms with E-state index < -0.39 is 5.97 Å². The molecule has 16 heavy (non-hydrogen) atoms. The number of carbonyl (C=O) groups is 1. The monoisotopic (exact) mass is 243 g/mol. The van der Waals surface area contributed by atoms with Crippen molar-refractivity contribution in [3.63, 3.8) is 0 Å². The smallest absolute Gasteiger partial charge is 0.341 e. The molecule has 4 nitrogen and oxygen atoms in total. The molecule has 5 heteroatoms. The van der Waals surface area contributed by atoms with E-state index in [-0.39, 0.29) is 12.0 Å². The molecule has 0 aromatic carbocycles. The van der Waals surface area contributed by atoms with Gasteiger partial charge in [0.2, 0.25) is 0 Å². The van der Waals surface area contributed by atoms with E-state index >= 15 is 0 Å². The van der Waals surface area contributed by atoms with Gasteiger partial charge in [0.1, 0.15) is 5.00 Å². The number of ether oxygens (including phenoxy) is 1. The van der Waals surface area contributed by atoms with E-state index in [9.17, 15) is 9.90 Å². The van der Waals surface area contributed by atoms with E-state index in [2.05, 4.69) is 0 Å². The Morgan fingerprint density at radius 3 is 2.75 bits per heavy atom. The van der Waals surface area contributed by atoms with Crippen molar-refractivity contribution in [2.45, 2.75) is 26.2 Å². The molecule has 0 aliphatic heterocycles. The normalized spacial score (nSPS) is 11.5. The maximum Gasteiger partial charge on any atom is 0.341 e. The fraction of sp³-hybridized carbons (Fsp3) is 0.545. The summed E-state index contributed by atoms with van der Waals surface area (Å²) in [5.74, 6) is -0.406. The van der Waals surface area contributed by atoms with Crippen LogP contribution in [0.1, 0.15) is 36.0 Å². The van der Waals surface area contributed by atoms with Crippen molar-refractivity contribution in [1.82, 2.24) is 0 Å². The first kappa shape index (κ1) is 13.0. The van der Waals surface area contributed by atoms with Gasteiger partial charge in [0.25, 0.3) is 0 Å². The van der Waals surface area contributed by atoms with Gasteiger partial charge in [-0.25, -0.2) is 4.79 Å². The van der Waals surface area contributed by atoms with Gasteiger partial charge in [0.15, 0.2) is 0 Å². The van der Waals surface area contributed by atoms with Crippen molar-refractivity contribution in [3.8, 4) is 0 Å². The van der Waals surface area contributed by atoms with Crippen LogP contribution in [-0.4, -0.2) is 24.3 Å². The van der Waals surface area contributed by atoms with Crippen LogP contribution >= 0.6 is 11.3 Å². The molecule has 0 aliphatic carbocycles. The molecule has 0 saturated heterocycles. The average molecular weight is 243 g/mol. The lowest BCUT2D eigenvalue weighted by atomic mass is 9.92. The minimum Gasteiger partial charge on any atom is -0.462 e. The Labute approximate surface area is 99.0 Å². The van der Waals surface area contributed by atoms with Crippen LogP contribution in [0.4, 0.5) is 5.00 Å². The Morgan fingerprint density at radius 2 is 2.25 bits per heavy atom. The van der Waals surface area contributed by atoms with Crippen molar-refractivity contribution in [2.75, 3.05) is 18.9 Å². The number of thiophene rings is 1. The van der Waals surface area contributed by atoms with Crippen molar-refractivity contribution in [3.05, 3.63) is 16.5 Å². The molecule has 0 unspecified atom stereocenters. The summed E-state index contributed by atoms with van der Waals surface area (Å²) < 4.78 is 4.89. The van der Waals surface area contributed by atoms with Crippen LogP contribution in [0, 0.1) is 0 Å². The summed E-state index contributed by atoms with van der Waals surface area (Å²) in [6.07, 6.45) is 0. The first-order valence-corrected chi connectivity index (χ1v) is 5.91. The highest BCUT2D eigenvalue weighted by molar-refractivity contribution is 7.16. The third-order valence-corrected chi connectivity index (χ3v) is 3.65. The van der Waals surface area contributed by atoms with Gasteiger partial charge in [-0.05, 0) is 13.0 Å². The maximum absolute atomic E-state index is 11.5. The first-order chi connectivity index (χ1) is 7.42. The minimum absolute atomic E-state index is 0.00915. The van der Waals surface area contributed by atoms with Gasteiger partial charge in [-0.2, -0.15) is 0 Å². The van der Waals surface area contributed by atoms with Gasteiger partial charge >= 0.3 is 5.97 Å². The van der Waals surface area contributed by atoms with E-state index in [4.69, 9.17) is 10.5 Å². The molecule has 0 amide bonds. The molecule has 90 valence electrons. The van der Waals surface area contributed by atoms with E-state index in [1.54, 1.807) is 13.0 Å². The van der Waals surface area contributed by atoms with Crippen LogP contribution in [0.25, 0.3) is 0 Å². The lowest BCUT2D eigenvalue weighted by molar-refractivity contribution is 0.0528. The summed E-state index contributed by atoms with van der Waals surface area (Å²) in [6.45, 7) is 5.88. The van der Waals surface area contributed by atoms with E-state index in [0.29, 0.717) is 17.2 Å². The van der Waals surface area contributed by atoms with Crippen molar-refractivity contribution >= 4 is 22.3 Å². The number of hydrogen-bond donors (Lipinski definition) is 2. The molecular formula is C11H17NO3S. The molecule has 1 aromatic heterocycles. The van der Waals surface area contributed by atoms with Crippen molar-refractivity contribution in [1.29, 1.82) is 0 Å². The third-order valence-electron chi connectivity index (χ3n) is 2.32. The Morgan fingerprint density at radius 1 is 1.62 bits per heavy atom. The zero-order chi connectivity index (χ0) is 12.3. The molecule has 1 rings (SSSR count). The Balaban J connectivity index is 3.03. The molecule has 0 spiro atoms.